The lowest BCUT2D eigenvalue weighted by atomic mass is 10.2. The van der Waals surface area contributed by atoms with Crippen molar-refractivity contribution in [3.05, 3.63) is 0 Å². The van der Waals surface area contributed by atoms with E-state index < -0.39 is 6.61 Å². The number of rotatable bonds is 1. The lowest BCUT2D eigenvalue weighted by molar-refractivity contribution is -0.144. The zero-order valence-electron chi connectivity index (χ0n) is 4.95. The smallest absolute Gasteiger partial charge is 0.248 e. The molecule has 1 aliphatic rings. The lowest BCUT2D eigenvalue weighted by Gasteiger charge is -2.35. The lowest BCUT2D eigenvalue weighted by Crippen LogP contribution is -2.54. The van der Waals surface area contributed by atoms with Crippen molar-refractivity contribution in [3.63, 3.8) is 0 Å². The number of hydrogen-bond acceptors (Lipinski definition) is 3. The number of aliphatic hydroxyl groups excluding tert-OH is 2. The predicted octanol–water partition coefficient (Wildman–Crippen LogP) is -1.82. The third-order valence-electron chi connectivity index (χ3n) is 1.35. The molecule has 1 heterocycles. The summed E-state index contributed by atoms with van der Waals surface area (Å²) in [5.41, 5.74) is 0. The monoisotopic (exact) mass is 131 g/mol. The highest BCUT2D eigenvalue weighted by molar-refractivity contribution is 5.78. The first-order chi connectivity index (χ1) is 4.24. The Labute approximate surface area is 52.7 Å². The largest absolute Gasteiger partial charge is 0.389 e. The molecule has 0 saturated carbocycles. The van der Waals surface area contributed by atoms with E-state index in [1.165, 1.54) is 4.90 Å². The molecule has 52 valence electrons. The van der Waals surface area contributed by atoms with Crippen molar-refractivity contribution in [3.8, 4) is 0 Å². The van der Waals surface area contributed by atoms with Gasteiger partial charge in [-0.2, -0.15) is 0 Å². The molecule has 0 unspecified atom stereocenters. The molecule has 9 heavy (non-hydrogen) atoms. The molecule has 0 atom stereocenters. The van der Waals surface area contributed by atoms with E-state index in [4.69, 9.17) is 10.2 Å². The van der Waals surface area contributed by atoms with Gasteiger partial charge in [-0.3, -0.25) is 4.79 Å². The molecule has 0 radical (unpaired) electrons. The minimum Gasteiger partial charge on any atom is -0.389 e. The van der Waals surface area contributed by atoms with E-state index in [1.807, 2.05) is 0 Å². The van der Waals surface area contributed by atoms with Crippen LogP contribution in [0.3, 0.4) is 0 Å². The number of carbonyl (C=O) groups is 1. The molecule has 0 aromatic heterocycles. The first kappa shape index (κ1) is 6.51. The van der Waals surface area contributed by atoms with E-state index in [1.54, 1.807) is 0 Å². The zero-order chi connectivity index (χ0) is 6.85. The third kappa shape index (κ3) is 1.20. The number of hydrogen-bond donors (Lipinski definition) is 2. The zero-order valence-corrected chi connectivity index (χ0v) is 4.95. The van der Waals surface area contributed by atoms with Crippen LogP contribution in [0, 0.1) is 0 Å². The average molecular weight is 131 g/mol. The Kier molecular flexibility index (Phi) is 1.68. The van der Waals surface area contributed by atoms with Gasteiger partial charge in [-0.15, -0.1) is 0 Å². The maximum atomic E-state index is 10.5. The van der Waals surface area contributed by atoms with Crippen LogP contribution in [0.5, 0.6) is 0 Å². The minimum absolute atomic E-state index is 0.305. The van der Waals surface area contributed by atoms with Gasteiger partial charge in [0.1, 0.15) is 6.61 Å². The molecule has 0 aromatic carbocycles. The summed E-state index contributed by atoms with van der Waals surface area (Å²) >= 11 is 0. The predicted molar refractivity (Wildman–Crippen MR) is 29.7 cm³/mol. The Bertz CT molecular complexity index is 119. The van der Waals surface area contributed by atoms with Crippen LogP contribution in [-0.2, 0) is 4.79 Å². The van der Waals surface area contributed by atoms with Crippen molar-refractivity contribution in [1.82, 2.24) is 4.90 Å². The van der Waals surface area contributed by atoms with E-state index in [9.17, 15) is 4.79 Å². The molecule has 0 bridgehead atoms. The molecule has 1 rings (SSSR count). The third-order valence-corrected chi connectivity index (χ3v) is 1.35. The van der Waals surface area contributed by atoms with Crippen molar-refractivity contribution in [2.45, 2.75) is 6.10 Å². The molecule has 4 nitrogen and oxygen atoms in total. The quantitative estimate of drug-likeness (QED) is 0.440. The van der Waals surface area contributed by atoms with Crippen LogP contribution in [0.15, 0.2) is 0 Å². The number of amides is 1. The molecule has 0 aromatic rings. The van der Waals surface area contributed by atoms with Crippen LogP contribution in [0.1, 0.15) is 0 Å². The van der Waals surface area contributed by atoms with Crippen molar-refractivity contribution in [2.75, 3.05) is 19.7 Å². The van der Waals surface area contributed by atoms with Crippen LogP contribution < -0.4 is 0 Å². The summed E-state index contributed by atoms with van der Waals surface area (Å²) in [7, 11) is 0. The second-order valence-electron chi connectivity index (χ2n) is 2.11. The fraction of sp³-hybridized carbons (Fsp3) is 0.800. The van der Waals surface area contributed by atoms with Crippen molar-refractivity contribution < 1.29 is 15.0 Å². The van der Waals surface area contributed by atoms with Gasteiger partial charge >= 0.3 is 0 Å². The normalized spacial score (nSPS) is 19.6. The molecular formula is C5H9NO3. The number of β-amino-alcohol motifs (C(OH)–C–C–N with tert-alkyl or cyclic N) is 1. The number of aliphatic hydroxyl groups is 2. The Morgan fingerprint density at radius 3 is 2.56 bits per heavy atom. The molecule has 0 spiro atoms. The second kappa shape index (κ2) is 2.33. The highest BCUT2D eigenvalue weighted by Crippen LogP contribution is 2.05. The topological polar surface area (TPSA) is 60.8 Å². The molecule has 1 fully saturated rings. The fourth-order valence-electron chi connectivity index (χ4n) is 0.759. The van der Waals surface area contributed by atoms with Gasteiger partial charge in [0.2, 0.25) is 5.91 Å². The minimum atomic E-state index is -0.452. The first-order valence-electron chi connectivity index (χ1n) is 2.80. The van der Waals surface area contributed by atoms with Crippen LogP contribution in [0.4, 0.5) is 0 Å². The Balaban J connectivity index is 2.23. The number of carbonyl (C=O) groups excluding carboxylic acids is 1. The molecular weight excluding hydrogens is 122 g/mol. The molecule has 1 aliphatic heterocycles. The molecule has 0 aliphatic carbocycles. The van der Waals surface area contributed by atoms with Crippen molar-refractivity contribution in [2.24, 2.45) is 0 Å². The molecule has 4 heteroatoms. The van der Waals surface area contributed by atoms with Crippen LogP contribution in [0.25, 0.3) is 0 Å². The molecule has 1 saturated heterocycles. The van der Waals surface area contributed by atoms with E-state index in [0.717, 1.165) is 0 Å². The summed E-state index contributed by atoms with van der Waals surface area (Å²) in [6, 6.07) is 0. The van der Waals surface area contributed by atoms with Gasteiger partial charge in [0.15, 0.2) is 0 Å². The van der Waals surface area contributed by atoms with E-state index in [0.29, 0.717) is 13.1 Å². The van der Waals surface area contributed by atoms with Crippen LogP contribution in [-0.4, -0.2) is 46.8 Å². The summed E-state index contributed by atoms with van der Waals surface area (Å²) in [4.78, 5) is 11.9. The highest BCUT2D eigenvalue weighted by Gasteiger charge is 2.27. The van der Waals surface area contributed by atoms with E-state index in [2.05, 4.69) is 0 Å². The van der Waals surface area contributed by atoms with Gasteiger partial charge in [0, 0.05) is 13.1 Å². The Morgan fingerprint density at radius 1 is 1.67 bits per heavy atom. The van der Waals surface area contributed by atoms with Crippen molar-refractivity contribution >= 4 is 5.91 Å². The SMILES string of the molecule is O=C(CO)N1CC(O)C1. The summed E-state index contributed by atoms with van der Waals surface area (Å²) in [5.74, 6) is -0.305. The highest BCUT2D eigenvalue weighted by atomic mass is 16.3. The maximum absolute atomic E-state index is 10.5. The van der Waals surface area contributed by atoms with Gasteiger partial charge in [-0.25, -0.2) is 0 Å². The van der Waals surface area contributed by atoms with E-state index in [-0.39, 0.29) is 12.0 Å². The standard InChI is InChI=1S/C5H9NO3/c7-3-5(9)6-1-4(8)2-6/h4,7-8H,1-3H2. The number of likely N-dealkylation sites (tertiary alicyclic amines) is 1. The summed E-state index contributed by atoms with van der Waals surface area (Å²) < 4.78 is 0. The van der Waals surface area contributed by atoms with Crippen molar-refractivity contribution in [1.29, 1.82) is 0 Å². The summed E-state index contributed by atoms with van der Waals surface area (Å²) in [6.07, 6.45) is -0.375. The average Bonchev–Trinajstić information content (AvgIpc) is 1.79. The van der Waals surface area contributed by atoms with Gasteiger partial charge in [-0.1, -0.05) is 0 Å². The van der Waals surface area contributed by atoms with Gasteiger partial charge in [0.05, 0.1) is 6.10 Å². The number of nitrogens with zero attached hydrogens (tertiary/aromatic N) is 1. The molecule has 1 amide bonds. The van der Waals surface area contributed by atoms with Gasteiger partial charge in [-0.05, 0) is 0 Å². The Morgan fingerprint density at radius 2 is 2.22 bits per heavy atom. The van der Waals surface area contributed by atoms with Gasteiger partial charge < -0.3 is 15.1 Å². The maximum Gasteiger partial charge on any atom is 0.248 e. The van der Waals surface area contributed by atoms with Gasteiger partial charge in [0.25, 0.3) is 0 Å². The second-order valence-corrected chi connectivity index (χ2v) is 2.11. The summed E-state index contributed by atoms with van der Waals surface area (Å²) in [6.45, 7) is 0.297. The van der Waals surface area contributed by atoms with Crippen LogP contribution in [0.2, 0.25) is 0 Å². The fourth-order valence-corrected chi connectivity index (χ4v) is 0.759. The molecule has 2 N–H and O–H groups in total. The first-order valence-corrected chi connectivity index (χ1v) is 2.80. The van der Waals surface area contributed by atoms with E-state index >= 15 is 0 Å². The summed E-state index contributed by atoms with van der Waals surface area (Å²) in [5, 5.41) is 17.0. The van der Waals surface area contributed by atoms with Crippen LogP contribution >= 0.6 is 0 Å². The Hall–Kier alpha value is -0.610.